The fourth-order valence-electron chi connectivity index (χ4n) is 3.32. The largest absolute Gasteiger partial charge is 0.493 e. The molecule has 0 fully saturated rings. The van der Waals surface area contributed by atoms with Crippen LogP contribution in [0.4, 0.5) is 0 Å². The molecule has 5 nitrogen and oxygen atoms in total. The second kappa shape index (κ2) is 7.82. The molecule has 0 amide bonds. The van der Waals surface area contributed by atoms with Gasteiger partial charge in [0.2, 0.25) is 5.75 Å². The molecule has 0 saturated heterocycles. The molecule has 3 rings (SSSR count). The molecule has 27 heavy (non-hydrogen) atoms. The molecule has 1 aliphatic carbocycles. The number of fused-ring (bicyclic) bond motifs is 1. The van der Waals surface area contributed by atoms with Crippen molar-refractivity contribution in [3.8, 4) is 28.4 Å². The summed E-state index contributed by atoms with van der Waals surface area (Å²) in [6.45, 7) is 3.76. The summed E-state index contributed by atoms with van der Waals surface area (Å²) in [7, 11) is 3.05. The fraction of sp³-hybridized carbons (Fsp3) is 0.364. The van der Waals surface area contributed by atoms with Gasteiger partial charge in [0.1, 0.15) is 0 Å². The van der Waals surface area contributed by atoms with E-state index in [2.05, 4.69) is 0 Å². The number of benzene rings is 2. The van der Waals surface area contributed by atoms with Gasteiger partial charge in [0.25, 0.3) is 0 Å². The van der Waals surface area contributed by atoms with Crippen LogP contribution in [0.2, 0.25) is 0 Å². The van der Waals surface area contributed by atoms with E-state index in [1.165, 1.54) is 14.2 Å². The van der Waals surface area contributed by atoms with Crippen LogP contribution >= 0.6 is 0 Å². The molecule has 0 radical (unpaired) electrons. The molecule has 0 aliphatic heterocycles. The Bertz CT molecular complexity index is 885. The van der Waals surface area contributed by atoms with Crippen LogP contribution in [0.15, 0.2) is 30.3 Å². The third kappa shape index (κ3) is 3.42. The number of ketones is 1. The van der Waals surface area contributed by atoms with Gasteiger partial charge in [-0.2, -0.15) is 0 Å². The summed E-state index contributed by atoms with van der Waals surface area (Å²) in [5, 5.41) is 0. The minimum atomic E-state index is -0.325. The van der Waals surface area contributed by atoms with E-state index in [-0.39, 0.29) is 17.7 Å². The average Bonchev–Trinajstić information content (AvgIpc) is 3.08. The number of esters is 1. The highest BCUT2D eigenvalue weighted by atomic mass is 16.6. The molecule has 0 N–H and O–H groups in total. The normalized spacial score (nSPS) is 13.9. The zero-order valence-electron chi connectivity index (χ0n) is 16.1. The molecular formula is C22H24O5. The molecule has 1 atom stereocenters. The van der Waals surface area contributed by atoms with Crippen LogP contribution in [0.5, 0.6) is 17.2 Å². The Kier molecular flexibility index (Phi) is 5.49. The summed E-state index contributed by atoms with van der Waals surface area (Å²) in [5.41, 5.74) is 3.32. The zero-order chi connectivity index (χ0) is 19.6. The predicted molar refractivity (Wildman–Crippen MR) is 103 cm³/mol. The second-order valence-electron chi connectivity index (χ2n) is 6.66. The molecule has 1 aliphatic rings. The standard InChI is InChI=1S/C22H24O5/c1-5-13(2)22(24)27-20-17(10-12-19(25-3)21(20)26-4)14-7-6-8-16-15(14)9-11-18(16)23/h6-8,10,12-13H,5,9,11H2,1-4H3. The lowest BCUT2D eigenvalue weighted by Gasteiger charge is -2.19. The highest BCUT2D eigenvalue weighted by Crippen LogP contribution is 2.46. The van der Waals surface area contributed by atoms with Crippen LogP contribution in [0, 0.1) is 5.92 Å². The number of rotatable bonds is 6. The minimum Gasteiger partial charge on any atom is -0.493 e. The molecule has 0 heterocycles. The Morgan fingerprint density at radius 1 is 1.00 bits per heavy atom. The van der Waals surface area contributed by atoms with Crippen LogP contribution in [-0.2, 0) is 11.2 Å². The Labute approximate surface area is 159 Å². The van der Waals surface area contributed by atoms with Gasteiger partial charge in [-0.3, -0.25) is 9.59 Å². The van der Waals surface area contributed by atoms with Crippen LogP contribution in [0.3, 0.4) is 0 Å². The number of Topliss-reactive ketones (excluding diaryl/α,β-unsaturated/α-hetero) is 1. The smallest absolute Gasteiger partial charge is 0.314 e. The topological polar surface area (TPSA) is 61.8 Å². The van der Waals surface area contributed by atoms with Crippen molar-refractivity contribution in [2.45, 2.75) is 33.1 Å². The van der Waals surface area contributed by atoms with Crippen LogP contribution in [0.1, 0.15) is 42.6 Å². The zero-order valence-corrected chi connectivity index (χ0v) is 16.1. The van der Waals surface area contributed by atoms with Crippen LogP contribution in [-0.4, -0.2) is 26.0 Å². The molecule has 1 unspecified atom stereocenters. The maximum Gasteiger partial charge on any atom is 0.314 e. The van der Waals surface area contributed by atoms with Gasteiger partial charge in [-0.05, 0) is 36.1 Å². The van der Waals surface area contributed by atoms with Crippen molar-refractivity contribution in [2.75, 3.05) is 14.2 Å². The number of carbonyl (C=O) groups is 2. The summed E-state index contributed by atoms with van der Waals surface area (Å²) < 4.78 is 16.7. The van der Waals surface area contributed by atoms with Crippen molar-refractivity contribution in [1.29, 1.82) is 0 Å². The van der Waals surface area contributed by atoms with Gasteiger partial charge in [0.15, 0.2) is 17.3 Å². The van der Waals surface area contributed by atoms with E-state index in [4.69, 9.17) is 14.2 Å². The molecule has 0 bridgehead atoms. The summed E-state index contributed by atoms with van der Waals surface area (Å²) in [6, 6.07) is 9.28. The van der Waals surface area contributed by atoms with Gasteiger partial charge in [-0.25, -0.2) is 0 Å². The third-order valence-corrected chi connectivity index (χ3v) is 5.09. The SMILES string of the molecule is CCC(C)C(=O)Oc1c(-c2cccc3c2CCC3=O)ccc(OC)c1OC. The molecule has 0 saturated carbocycles. The molecule has 2 aromatic rings. The monoisotopic (exact) mass is 368 g/mol. The quantitative estimate of drug-likeness (QED) is 0.557. The van der Waals surface area contributed by atoms with E-state index in [1.54, 1.807) is 6.07 Å². The van der Waals surface area contributed by atoms with Gasteiger partial charge >= 0.3 is 5.97 Å². The van der Waals surface area contributed by atoms with Gasteiger partial charge in [-0.15, -0.1) is 0 Å². The van der Waals surface area contributed by atoms with E-state index in [1.807, 2.05) is 38.1 Å². The highest BCUT2D eigenvalue weighted by Gasteiger charge is 2.27. The lowest BCUT2D eigenvalue weighted by molar-refractivity contribution is -0.138. The predicted octanol–water partition coefficient (Wildman–Crippen LogP) is 4.45. The Balaban J connectivity index is 2.19. The lowest BCUT2D eigenvalue weighted by Crippen LogP contribution is -2.18. The van der Waals surface area contributed by atoms with E-state index >= 15 is 0 Å². The molecular weight excluding hydrogens is 344 g/mol. The first-order chi connectivity index (χ1) is 13.0. The van der Waals surface area contributed by atoms with Crippen molar-refractivity contribution in [1.82, 2.24) is 0 Å². The average molecular weight is 368 g/mol. The van der Waals surface area contributed by atoms with E-state index in [9.17, 15) is 9.59 Å². The summed E-state index contributed by atoms with van der Waals surface area (Å²) in [6.07, 6.45) is 1.86. The maximum atomic E-state index is 12.5. The summed E-state index contributed by atoms with van der Waals surface area (Å²) in [4.78, 5) is 24.6. The molecule has 0 spiro atoms. The number of methoxy groups -OCH3 is 2. The Morgan fingerprint density at radius 3 is 2.41 bits per heavy atom. The van der Waals surface area contributed by atoms with Crippen molar-refractivity contribution >= 4 is 11.8 Å². The molecule has 2 aromatic carbocycles. The molecule has 142 valence electrons. The molecule has 0 aromatic heterocycles. The number of ether oxygens (including phenoxy) is 3. The van der Waals surface area contributed by atoms with Crippen LogP contribution < -0.4 is 14.2 Å². The van der Waals surface area contributed by atoms with Gasteiger partial charge in [-0.1, -0.05) is 32.0 Å². The lowest BCUT2D eigenvalue weighted by atomic mass is 9.95. The first kappa shape index (κ1) is 19.0. The number of carbonyl (C=O) groups excluding carboxylic acids is 2. The van der Waals surface area contributed by atoms with Crippen molar-refractivity contribution in [3.63, 3.8) is 0 Å². The summed E-state index contributed by atoms with van der Waals surface area (Å²) in [5.74, 6) is 0.761. The first-order valence-corrected chi connectivity index (χ1v) is 9.13. The van der Waals surface area contributed by atoms with Crippen molar-refractivity contribution in [3.05, 3.63) is 41.5 Å². The Morgan fingerprint density at radius 2 is 1.74 bits per heavy atom. The van der Waals surface area contributed by atoms with Gasteiger partial charge in [0, 0.05) is 17.5 Å². The highest BCUT2D eigenvalue weighted by molar-refractivity contribution is 6.03. The number of hydrogen-bond acceptors (Lipinski definition) is 5. The van der Waals surface area contributed by atoms with Crippen molar-refractivity contribution in [2.24, 2.45) is 5.92 Å². The third-order valence-electron chi connectivity index (χ3n) is 5.09. The summed E-state index contributed by atoms with van der Waals surface area (Å²) >= 11 is 0. The molecule has 5 heteroatoms. The van der Waals surface area contributed by atoms with E-state index < -0.39 is 0 Å². The van der Waals surface area contributed by atoms with Crippen LogP contribution in [0.25, 0.3) is 11.1 Å². The number of hydrogen-bond donors (Lipinski definition) is 0. The minimum absolute atomic E-state index is 0.144. The second-order valence-corrected chi connectivity index (χ2v) is 6.66. The van der Waals surface area contributed by atoms with Crippen molar-refractivity contribution < 1.29 is 23.8 Å². The maximum absolute atomic E-state index is 12.5. The first-order valence-electron chi connectivity index (χ1n) is 9.13. The van der Waals surface area contributed by atoms with E-state index in [0.717, 1.165) is 22.3 Å². The van der Waals surface area contributed by atoms with Gasteiger partial charge in [0.05, 0.1) is 20.1 Å². The fourth-order valence-corrected chi connectivity index (χ4v) is 3.32. The van der Waals surface area contributed by atoms with Gasteiger partial charge < -0.3 is 14.2 Å². The van der Waals surface area contributed by atoms with E-state index in [0.29, 0.717) is 36.5 Å². The Hall–Kier alpha value is -2.82.